The zero-order valence-corrected chi connectivity index (χ0v) is 20.2. The molecule has 0 aliphatic carbocycles. The first-order valence-corrected chi connectivity index (χ1v) is 12.5. The maximum atomic E-state index is 12.7. The summed E-state index contributed by atoms with van der Waals surface area (Å²) in [7, 11) is 0. The lowest BCUT2D eigenvalue weighted by atomic mass is 9.98. The lowest BCUT2D eigenvalue weighted by molar-refractivity contribution is 0.0973. The van der Waals surface area contributed by atoms with Gasteiger partial charge in [-0.2, -0.15) is 5.21 Å². The minimum Gasteiger partial charge on any atom is -0.291 e. The molecule has 0 saturated carbocycles. The predicted molar refractivity (Wildman–Crippen MR) is 135 cm³/mol. The molecule has 0 saturated heterocycles. The third-order valence-electron chi connectivity index (χ3n) is 5.76. The van der Waals surface area contributed by atoms with Gasteiger partial charge in [0.05, 0.1) is 6.54 Å². The molecule has 0 aliphatic rings. The van der Waals surface area contributed by atoms with Gasteiger partial charge in [-0.15, -0.1) is 26.6 Å². The fourth-order valence-corrected chi connectivity index (χ4v) is 4.71. The van der Waals surface area contributed by atoms with Crippen molar-refractivity contribution in [3.8, 4) is 22.5 Å². The Morgan fingerprint density at radius 1 is 1.00 bits per heavy atom. The van der Waals surface area contributed by atoms with Crippen molar-refractivity contribution in [1.29, 1.82) is 0 Å². The largest absolute Gasteiger partial charge is 0.291 e. The van der Waals surface area contributed by atoms with Gasteiger partial charge in [0, 0.05) is 23.3 Å². The molecule has 8 nitrogen and oxygen atoms in total. The molecule has 0 spiro atoms. The van der Waals surface area contributed by atoms with E-state index < -0.39 is 0 Å². The normalized spacial score (nSPS) is 11.1. The van der Waals surface area contributed by atoms with Crippen LogP contribution in [0, 0.1) is 0 Å². The van der Waals surface area contributed by atoms with E-state index in [1.807, 2.05) is 40.4 Å². The molecular weight excluding hydrogens is 458 g/mol. The number of hydrogen-bond donors (Lipinski definition) is 1. The summed E-state index contributed by atoms with van der Waals surface area (Å²) >= 11 is 1.67. The molecule has 0 unspecified atom stereocenters. The minimum atomic E-state index is -0.0112. The maximum absolute atomic E-state index is 12.7. The van der Waals surface area contributed by atoms with Crippen LogP contribution in [-0.2, 0) is 19.4 Å². The van der Waals surface area contributed by atoms with Crippen molar-refractivity contribution in [3.63, 3.8) is 0 Å². The molecule has 9 heteroatoms. The Labute approximate surface area is 207 Å². The second-order valence-corrected chi connectivity index (χ2v) is 9.27. The van der Waals surface area contributed by atoms with E-state index in [2.05, 4.69) is 68.0 Å². The van der Waals surface area contributed by atoms with Crippen molar-refractivity contribution in [3.05, 3.63) is 88.1 Å². The average Bonchev–Trinajstić information content (AvgIpc) is 3.67. The number of hydrogen-bond acceptors (Lipinski definition) is 7. The van der Waals surface area contributed by atoms with Crippen LogP contribution in [0.3, 0.4) is 0 Å². The van der Waals surface area contributed by atoms with Gasteiger partial charge in [0.1, 0.15) is 5.82 Å². The first-order chi connectivity index (χ1) is 17.2. The van der Waals surface area contributed by atoms with E-state index in [0.29, 0.717) is 24.6 Å². The number of benzene rings is 2. The number of rotatable bonds is 10. The number of aromatic amines is 1. The van der Waals surface area contributed by atoms with Crippen LogP contribution in [0.25, 0.3) is 22.5 Å². The molecular formula is C26H25N7OS. The first-order valence-electron chi connectivity index (χ1n) is 11.6. The Kier molecular flexibility index (Phi) is 6.85. The Morgan fingerprint density at radius 3 is 2.54 bits per heavy atom. The van der Waals surface area contributed by atoms with Gasteiger partial charge < -0.3 is 0 Å². The smallest absolute Gasteiger partial charge is 0.217 e. The molecule has 35 heavy (non-hydrogen) atoms. The summed E-state index contributed by atoms with van der Waals surface area (Å²) in [4.78, 5) is 18.5. The summed E-state index contributed by atoms with van der Waals surface area (Å²) in [6.07, 6.45) is 2.86. The minimum absolute atomic E-state index is 0.0112. The topological polar surface area (TPSA) is 102 Å². The standard InChI is InChI=1S/C26H25N7OS/c1-2-6-24-27-26(23(34)15-14-20-7-5-16-35-20)30-33(24)17-18-10-12-19(13-11-18)21-8-3-4-9-22(21)25-28-31-32-29-25/h3-5,7-13,16H,2,6,14-15,17H2,1H3,(H,28,29,31,32). The molecule has 2 aromatic carbocycles. The molecule has 0 atom stereocenters. The van der Waals surface area contributed by atoms with Gasteiger partial charge in [0.15, 0.2) is 0 Å². The van der Waals surface area contributed by atoms with E-state index in [9.17, 15) is 4.79 Å². The van der Waals surface area contributed by atoms with Gasteiger partial charge in [-0.1, -0.05) is 61.5 Å². The molecule has 5 rings (SSSR count). The van der Waals surface area contributed by atoms with Crippen LogP contribution >= 0.6 is 11.3 Å². The highest BCUT2D eigenvalue weighted by Crippen LogP contribution is 2.29. The number of aromatic nitrogens is 7. The second kappa shape index (κ2) is 10.5. The Balaban J connectivity index is 1.33. The van der Waals surface area contributed by atoms with Crippen LogP contribution in [0.15, 0.2) is 66.0 Å². The Morgan fingerprint density at radius 2 is 1.83 bits per heavy atom. The lowest BCUT2D eigenvalue weighted by Gasteiger charge is -2.09. The predicted octanol–water partition coefficient (Wildman–Crippen LogP) is 5.00. The molecule has 0 radical (unpaired) electrons. The zero-order valence-electron chi connectivity index (χ0n) is 19.4. The van der Waals surface area contributed by atoms with Crippen molar-refractivity contribution in [2.75, 3.05) is 0 Å². The highest BCUT2D eigenvalue weighted by molar-refractivity contribution is 7.09. The van der Waals surface area contributed by atoms with E-state index in [0.717, 1.165) is 47.3 Å². The monoisotopic (exact) mass is 483 g/mol. The molecule has 0 amide bonds. The van der Waals surface area contributed by atoms with Crippen molar-refractivity contribution < 1.29 is 4.79 Å². The van der Waals surface area contributed by atoms with Crippen molar-refractivity contribution in [2.45, 2.75) is 39.2 Å². The summed E-state index contributed by atoms with van der Waals surface area (Å²) in [6.45, 7) is 2.67. The molecule has 3 heterocycles. The zero-order chi connectivity index (χ0) is 24.0. The fraction of sp³-hybridized carbons (Fsp3) is 0.231. The maximum Gasteiger partial charge on any atom is 0.217 e. The molecule has 3 aromatic heterocycles. The molecule has 0 aliphatic heterocycles. The molecule has 5 aromatic rings. The molecule has 176 valence electrons. The second-order valence-electron chi connectivity index (χ2n) is 8.24. The average molecular weight is 484 g/mol. The van der Waals surface area contributed by atoms with Crippen LogP contribution < -0.4 is 0 Å². The molecule has 1 N–H and O–H groups in total. The van der Waals surface area contributed by atoms with Gasteiger partial charge in [-0.3, -0.25) is 4.79 Å². The third-order valence-corrected chi connectivity index (χ3v) is 6.70. The van der Waals surface area contributed by atoms with Gasteiger partial charge in [0.2, 0.25) is 17.4 Å². The quantitative estimate of drug-likeness (QED) is 0.280. The van der Waals surface area contributed by atoms with Crippen molar-refractivity contribution >= 4 is 17.1 Å². The summed E-state index contributed by atoms with van der Waals surface area (Å²) in [6, 6.07) is 20.4. The van der Waals surface area contributed by atoms with E-state index in [1.165, 1.54) is 4.88 Å². The van der Waals surface area contributed by atoms with Crippen molar-refractivity contribution in [2.24, 2.45) is 0 Å². The number of thiophene rings is 1. The fourth-order valence-electron chi connectivity index (χ4n) is 4.00. The SMILES string of the molecule is CCCc1nc(C(=O)CCc2cccs2)nn1Cc1ccc(-c2ccccc2-c2nn[nH]n2)cc1. The Hall–Kier alpha value is -3.98. The number of nitrogens with one attached hydrogen (secondary N) is 1. The highest BCUT2D eigenvalue weighted by atomic mass is 32.1. The Bertz CT molecular complexity index is 1390. The summed E-state index contributed by atoms with van der Waals surface area (Å²) in [5.41, 5.74) is 4.10. The van der Waals surface area contributed by atoms with E-state index in [1.54, 1.807) is 11.3 Å². The summed E-state index contributed by atoms with van der Waals surface area (Å²) in [5, 5.41) is 21.1. The van der Waals surface area contributed by atoms with Gasteiger partial charge >= 0.3 is 0 Å². The number of Topliss-reactive ketones (excluding diaryl/α,β-unsaturated/α-hetero) is 1. The van der Waals surface area contributed by atoms with Crippen molar-refractivity contribution in [1.82, 2.24) is 35.4 Å². The van der Waals surface area contributed by atoms with Crippen LogP contribution in [0.4, 0.5) is 0 Å². The van der Waals surface area contributed by atoms with Gasteiger partial charge in [-0.25, -0.2) is 9.67 Å². The van der Waals surface area contributed by atoms with Gasteiger partial charge in [-0.05, 0) is 46.2 Å². The number of aryl methyl sites for hydroxylation is 2. The molecule has 0 bridgehead atoms. The number of carbonyl (C=O) groups excluding carboxylic acids is 1. The number of tetrazole rings is 1. The summed E-state index contributed by atoms with van der Waals surface area (Å²) in [5.74, 6) is 1.71. The first kappa shape index (κ1) is 22.8. The van der Waals surface area contributed by atoms with E-state index >= 15 is 0 Å². The van der Waals surface area contributed by atoms with E-state index in [4.69, 9.17) is 0 Å². The highest BCUT2D eigenvalue weighted by Gasteiger charge is 2.17. The number of ketones is 1. The molecule has 0 fully saturated rings. The number of nitrogens with zero attached hydrogens (tertiary/aromatic N) is 6. The van der Waals surface area contributed by atoms with Gasteiger partial charge in [0.25, 0.3) is 0 Å². The van der Waals surface area contributed by atoms with Crippen LogP contribution in [0.2, 0.25) is 0 Å². The van der Waals surface area contributed by atoms with Crippen LogP contribution in [0.1, 0.15) is 46.6 Å². The number of carbonyl (C=O) groups is 1. The third kappa shape index (κ3) is 5.25. The van der Waals surface area contributed by atoms with Crippen LogP contribution in [-0.4, -0.2) is 41.2 Å². The van der Waals surface area contributed by atoms with E-state index in [-0.39, 0.29) is 5.78 Å². The summed E-state index contributed by atoms with van der Waals surface area (Å²) < 4.78 is 1.87. The number of H-pyrrole nitrogens is 1. The van der Waals surface area contributed by atoms with Crippen LogP contribution in [0.5, 0.6) is 0 Å². The lowest BCUT2D eigenvalue weighted by Crippen LogP contribution is -2.08.